The molecule has 1 aliphatic heterocycles. The average Bonchev–Trinajstić information content (AvgIpc) is 2.76. The molecule has 22 heavy (non-hydrogen) atoms. The number of alkyl halides is 3. The maximum Gasteiger partial charge on any atom is 0.416 e. The Kier molecular flexibility index (Phi) is 4.30. The monoisotopic (exact) mass is 315 g/mol. The van der Waals surface area contributed by atoms with E-state index in [9.17, 15) is 22.8 Å². The number of hydrogen-bond acceptors (Lipinski definition) is 2. The predicted octanol–water partition coefficient (Wildman–Crippen LogP) is 1.65. The number of likely N-dealkylation sites (N-methyl/N-ethyl adjacent to an activating group) is 1. The Morgan fingerprint density at radius 1 is 1.45 bits per heavy atom. The van der Waals surface area contributed by atoms with Crippen LogP contribution in [0.2, 0.25) is 0 Å². The standard InChI is InChI=1S/C14H16F3N3O2/c1-8-9(4-3-5-10(8)14(15,16)17)6-18-12(21)11-7-19-13(22)20(11)2/h3-5,11H,6-7H2,1-2H3,(H,18,21)(H,19,22)/t11-/m0/s1. The van der Waals surface area contributed by atoms with E-state index in [-0.39, 0.29) is 24.7 Å². The number of nitrogens with zero attached hydrogens (tertiary/aromatic N) is 1. The molecule has 0 aliphatic carbocycles. The van der Waals surface area contributed by atoms with Gasteiger partial charge in [-0.3, -0.25) is 4.79 Å². The molecule has 1 aromatic carbocycles. The molecular formula is C14H16F3N3O2. The van der Waals surface area contributed by atoms with Crippen LogP contribution in [0.3, 0.4) is 0 Å². The summed E-state index contributed by atoms with van der Waals surface area (Å²) in [6, 6.07) is 2.85. The van der Waals surface area contributed by atoms with Crippen molar-refractivity contribution in [3.63, 3.8) is 0 Å². The number of benzene rings is 1. The number of carbonyl (C=O) groups excluding carboxylic acids is 2. The number of hydrogen-bond donors (Lipinski definition) is 2. The smallest absolute Gasteiger partial charge is 0.350 e. The maximum atomic E-state index is 12.8. The van der Waals surface area contributed by atoms with E-state index in [0.717, 1.165) is 6.07 Å². The molecule has 1 fully saturated rings. The average molecular weight is 315 g/mol. The molecule has 2 N–H and O–H groups in total. The highest BCUT2D eigenvalue weighted by Crippen LogP contribution is 2.32. The quantitative estimate of drug-likeness (QED) is 0.891. The first-order chi connectivity index (χ1) is 10.2. The first kappa shape index (κ1) is 16.1. The van der Waals surface area contributed by atoms with Gasteiger partial charge in [-0.15, -0.1) is 0 Å². The molecule has 0 unspecified atom stereocenters. The Bertz CT molecular complexity index is 601. The molecule has 1 atom stereocenters. The van der Waals surface area contributed by atoms with E-state index in [0.29, 0.717) is 5.56 Å². The fourth-order valence-electron chi connectivity index (χ4n) is 2.34. The van der Waals surface area contributed by atoms with E-state index in [2.05, 4.69) is 10.6 Å². The number of halogens is 3. The first-order valence-electron chi connectivity index (χ1n) is 6.66. The molecule has 0 aromatic heterocycles. The first-order valence-corrected chi connectivity index (χ1v) is 6.66. The third-order valence-electron chi connectivity index (χ3n) is 3.74. The number of carbonyl (C=O) groups is 2. The SMILES string of the molecule is Cc1c(CNC(=O)[C@@H]2CNC(=O)N2C)cccc1C(F)(F)F. The number of amides is 3. The summed E-state index contributed by atoms with van der Waals surface area (Å²) in [6.07, 6.45) is -4.42. The molecule has 0 bridgehead atoms. The van der Waals surface area contributed by atoms with Crippen molar-refractivity contribution >= 4 is 11.9 Å². The van der Waals surface area contributed by atoms with Gasteiger partial charge in [0.25, 0.3) is 0 Å². The molecule has 1 saturated heterocycles. The normalized spacial score (nSPS) is 18.3. The van der Waals surface area contributed by atoms with Gasteiger partial charge in [-0.05, 0) is 24.1 Å². The summed E-state index contributed by atoms with van der Waals surface area (Å²) in [5, 5.41) is 5.09. The summed E-state index contributed by atoms with van der Waals surface area (Å²) in [7, 11) is 1.49. The zero-order valence-corrected chi connectivity index (χ0v) is 12.1. The van der Waals surface area contributed by atoms with Crippen LogP contribution in [0.1, 0.15) is 16.7 Å². The predicted molar refractivity (Wildman–Crippen MR) is 73.0 cm³/mol. The topological polar surface area (TPSA) is 61.4 Å². The zero-order chi connectivity index (χ0) is 16.5. The summed E-state index contributed by atoms with van der Waals surface area (Å²) >= 11 is 0. The third-order valence-corrected chi connectivity index (χ3v) is 3.74. The minimum atomic E-state index is -4.42. The van der Waals surface area contributed by atoms with Crippen molar-refractivity contribution in [2.75, 3.05) is 13.6 Å². The van der Waals surface area contributed by atoms with Crippen molar-refractivity contribution < 1.29 is 22.8 Å². The molecule has 1 aliphatic rings. The van der Waals surface area contributed by atoms with Crippen LogP contribution in [0.25, 0.3) is 0 Å². The zero-order valence-electron chi connectivity index (χ0n) is 12.1. The van der Waals surface area contributed by atoms with Crippen molar-refractivity contribution in [2.45, 2.75) is 25.7 Å². The van der Waals surface area contributed by atoms with Crippen LogP contribution in [0.5, 0.6) is 0 Å². The Labute approximate surface area is 125 Å². The molecule has 2 rings (SSSR count). The summed E-state index contributed by atoms with van der Waals surface area (Å²) in [6.45, 7) is 1.53. The Morgan fingerprint density at radius 2 is 2.14 bits per heavy atom. The van der Waals surface area contributed by atoms with E-state index in [1.807, 2.05) is 0 Å². The van der Waals surface area contributed by atoms with E-state index in [1.165, 1.54) is 31.0 Å². The van der Waals surface area contributed by atoms with E-state index < -0.39 is 23.7 Å². The highest BCUT2D eigenvalue weighted by molar-refractivity contribution is 5.90. The van der Waals surface area contributed by atoms with Crippen LogP contribution in [0.15, 0.2) is 18.2 Å². The lowest BCUT2D eigenvalue weighted by atomic mass is 10.0. The highest BCUT2D eigenvalue weighted by atomic mass is 19.4. The van der Waals surface area contributed by atoms with Crippen LogP contribution in [-0.2, 0) is 17.5 Å². The molecule has 1 heterocycles. The van der Waals surface area contributed by atoms with Crippen LogP contribution >= 0.6 is 0 Å². The lowest BCUT2D eigenvalue weighted by molar-refractivity contribution is -0.138. The van der Waals surface area contributed by atoms with E-state index in [1.54, 1.807) is 0 Å². The van der Waals surface area contributed by atoms with Gasteiger partial charge in [-0.25, -0.2) is 4.79 Å². The molecule has 0 saturated carbocycles. The second-order valence-corrected chi connectivity index (χ2v) is 5.12. The summed E-state index contributed by atoms with van der Waals surface area (Å²) in [5.41, 5.74) is -0.235. The van der Waals surface area contributed by atoms with Crippen LogP contribution in [-0.4, -0.2) is 36.5 Å². The molecular weight excluding hydrogens is 299 g/mol. The molecule has 8 heteroatoms. The number of nitrogens with one attached hydrogen (secondary N) is 2. The molecule has 5 nitrogen and oxygen atoms in total. The fourth-order valence-corrected chi connectivity index (χ4v) is 2.34. The fraction of sp³-hybridized carbons (Fsp3) is 0.429. The number of urea groups is 1. The lowest BCUT2D eigenvalue weighted by Crippen LogP contribution is -2.43. The van der Waals surface area contributed by atoms with E-state index >= 15 is 0 Å². The van der Waals surface area contributed by atoms with Gasteiger partial charge in [-0.1, -0.05) is 12.1 Å². The molecule has 3 amide bonds. The second kappa shape index (κ2) is 5.86. The van der Waals surface area contributed by atoms with Crippen LogP contribution in [0, 0.1) is 6.92 Å². The Hall–Kier alpha value is -2.25. The van der Waals surface area contributed by atoms with Crippen LogP contribution in [0.4, 0.5) is 18.0 Å². The van der Waals surface area contributed by atoms with Gasteiger partial charge in [0.15, 0.2) is 0 Å². The van der Waals surface area contributed by atoms with Crippen molar-refractivity contribution in [1.82, 2.24) is 15.5 Å². The van der Waals surface area contributed by atoms with Crippen molar-refractivity contribution in [3.05, 3.63) is 34.9 Å². The molecule has 120 valence electrons. The summed E-state index contributed by atoms with van der Waals surface area (Å²) in [4.78, 5) is 24.5. The van der Waals surface area contributed by atoms with Gasteiger partial charge in [0, 0.05) is 20.1 Å². The van der Waals surface area contributed by atoms with Gasteiger partial charge in [-0.2, -0.15) is 13.2 Å². The van der Waals surface area contributed by atoms with Gasteiger partial charge in [0.1, 0.15) is 6.04 Å². The highest BCUT2D eigenvalue weighted by Gasteiger charge is 2.34. The van der Waals surface area contributed by atoms with Crippen molar-refractivity contribution in [3.8, 4) is 0 Å². The summed E-state index contributed by atoms with van der Waals surface area (Å²) in [5.74, 6) is -0.405. The number of rotatable bonds is 3. The lowest BCUT2D eigenvalue weighted by Gasteiger charge is -2.18. The Balaban J connectivity index is 2.06. The second-order valence-electron chi connectivity index (χ2n) is 5.12. The minimum Gasteiger partial charge on any atom is -0.350 e. The van der Waals surface area contributed by atoms with Gasteiger partial charge in [0.05, 0.1) is 5.56 Å². The van der Waals surface area contributed by atoms with E-state index in [4.69, 9.17) is 0 Å². The van der Waals surface area contributed by atoms with Gasteiger partial charge in [0.2, 0.25) is 5.91 Å². The maximum absolute atomic E-state index is 12.8. The van der Waals surface area contributed by atoms with Crippen molar-refractivity contribution in [2.24, 2.45) is 0 Å². The van der Waals surface area contributed by atoms with Crippen molar-refractivity contribution in [1.29, 1.82) is 0 Å². The Morgan fingerprint density at radius 3 is 2.68 bits per heavy atom. The molecule has 1 aromatic rings. The third kappa shape index (κ3) is 3.15. The van der Waals surface area contributed by atoms with Gasteiger partial charge < -0.3 is 15.5 Å². The molecule has 0 spiro atoms. The van der Waals surface area contributed by atoms with Crippen LogP contribution < -0.4 is 10.6 Å². The minimum absolute atomic E-state index is 0.0207. The molecule has 0 radical (unpaired) electrons. The summed E-state index contributed by atoms with van der Waals surface area (Å²) < 4.78 is 38.5. The largest absolute Gasteiger partial charge is 0.416 e. The van der Waals surface area contributed by atoms with Gasteiger partial charge >= 0.3 is 12.2 Å².